The first-order valence-corrected chi connectivity index (χ1v) is 13.5. The minimum absolute atomic E-state index is 0.0394. The van der Waals surface area contributed by atoms with E-state index < -0.39 is 11.7 Å². The minimum atomic E-state index is -0.653. The summed E-state index contributed by atoms with van der Waals surface area (Å²) < 4.78 is 18.9. The molecule has 11 heteroatoms. The van der Waals surface area contributed by atoms with E-state index in [9.17, 15) is 4.79 Å². The van der Waals surface area contributed by atoms with Crippen LogP contribution in [0.25, 0.3) is 38.8 Å². The maximum absolute atomic E-state index is 15.7. The molecule has 1 N–H and O–H groups in total. The molecule has 1 aliphatic heterocycles. The highest BCUT2D eigenvalue weighted by atomic mass is 19.1. The fourth-order valence-electron chi connectivity index (χ4n) is 5.47. The second-order valence-electron chi connectivity index (χ2n) is 10.2. The average Bonchev–Trinajstić information content (AvgIpc) is 3.64. The van der Waals surface area contributed by atoms with E-state index in [1.165, 1.54) is 16.8 Å². The Morgan fingerprint density at radius 1 is 1.07 bits per heavy atom. The number of anilines is 1. The number of nitrogens with one attached hydrogen (secondary N) is 1. The van der Waals surface area contributed by atoms with Gasteiger partial charge in [-0.15, -0.1) is 5.10 Å². The number of amides is 1. The number of hydrogen-bond donors (Lipinski definition) is 1. The van der Waals surface area contributed by atoms with Gasteiger partial charge in [-0.2, -0.15) is 9.78 Å². The summed E-state index contributed by atoms with van der Waals surface area (Å²) in [5.74, 6) is -0.588. The van der Waals surface area contributed by atoms with E-state index in [1.54, 1.807) is 40.2 Å². The molecule has 204 valence electrons. The van der Waals surface area contributed by atoms with Crippen LogP contribution in [0.1, 0.15) is 23.2 Å². The van der Waals surface area contributed by atoms with Crippen molar-refractivity contribution < 1.29 is 9.18 Å². The molecule has 0 aliphatic carbocycles. The quantitative estimate of drug-likeness (QED) is 0.343. The molecule has 5 heterocycles. The van der Waals surface area contributed by atoms with Gasteiger partial charge in [-0.3, -0.25) is 14.4 Å². The highest BCUT2D eigenvalue weighted by molar-refractivity contribution is 6.10. The lowest BCUT2D eigenvalue weighted by Gasteiger charge is -2.34. The molecule has 0 bridgehead atoms. The van der Waals surface area contributed by atoms with Crippen LogP contribution in [-0.2, 0) is 7.05 Å². The molecular formula is C30H26FN9O. The van der Waals surface area contributed by atoms with Gasteiger partial charge >= 0.3 is 0 Å². The van der Waals surface area contributed by atoms with Crippen LogP contribution in [-0.4, -0.2) is 59.8 Å². The molecular weight excluding hydrogens is 521 g/mol. The Hall–Kier alpha value is -5.03. The molecule has 6 aromatic rings. The first-order chi connectivity index (χ1) is 20.1. The van der Waals surface area contributed by atoms with Crippen LogP contribution in [0.3, 0.4) is 0 Å². The summed E-state index contributed by atoms with van der Waals surface area (Å²) in [5, 5.41) is 17.6. The molecule has 0 saturated carbocycles. The third kappa shape index (κ3) is 4.49. The van der Waals surface area contributed by atoms with Gasteiger partial charge in [0.05, 0.1) is 23.5 Å². The van der Waals surface area contributed by atoms with Crippen LogP contribution in [0.5, 0.6) is 0 Å². The monoisotopic (exact) mass is 547 g/mol. The summed E-state index contributed by atoms with van der Waals surface area (Å²) in [5.41, 5.74) is 3.50. The number of hydrogen-bond acceptors (Lipinski definition) is 7. The first-order valence-electron chi connectivity index (χ1n) is 13.5. The molecule has 7 rings (SSSR count). The standard InChI is InChI=1S/C30H26FN9O/c1-38-18-21(16-35-38)19-6-8-24-20(14-19)10-13-34-28(24)39(23-4-2-11-32-17-23)30(41)25-9-7-22(15-26(25)31)40-29-27(36-37-40)5-3-12-33-29/h3,5-10,12-16,18,23,32H,2,4,11,17H2,1H3/t23-/m1/s1. The van der Waals surface area contributed by atoms with Crippen molar-refractivity contribution in [2.24, 2.45) is 7.05 Å². The molecule has 1 atom stereocenters. The lowest BCUT2D eigenvalue weighted by Crippen LogP contribution is -2.49. The lowest BCUT2D eigenvalue weighted by atomic mass is 10.0. The fraction of sp³-hybridized carbons (Fsp3) is 0.200. The van der Waals surface area contributed by atoms with Crippen molar-refractivity contribution in [1.29, 1.82) is 0 Å². The van der Waals surface area contributed by atoms with Gasteiger partial charge in [-0.25, -0.2) is 14.4 Å². The van der Waals surface area contributed by atoms with Crippen molar-refractivity contribution in [3.05, 3.63) is 90.8 Å². The molecule has 2 aromatic carbocycles. The number of carbonyl (C=O) groups is 1. The smallest absolute Gasteiger partial charge is 0.262 e. The van der Waals surface area contributed by atoms with Gasteiger partial charge in [-0.1, -0.05) is 17.3 Å². The Morgan fingerprint density at radius 2 is 2.00 bits per heavy atom. The van der Waals surface area contributed by atoms with Gasteiger partial charge < -0.3 is 5.32 Å². The van der Waals surface area contributed by atoms with E-state index in [2.05, 4.69) is 36.8 Å². The highest BCUT2D eigenvalue weighted by Gasteiger charge is 2.31. The van der Waals surface area contributed by atoms with Gasteiger partial charge in [0.25, 0.3) is 5.91 Å². The second kappa shape index (κ2) is 10.2. The van der Waals surface area contributed by atoms with E-state index in [0.29, 0.717) is 29.2 Å². The van der Waals surface area contributed by atoms with E-state index >= 15 is 4.39 Å². The van der Waals surface area contributed by atoms with Crippen molar-refractivity contribution in [3.63, 3.8) is 0 Å². The molecule has 1 aliphatic rings. The number of carbonyl (C=O) groups excluding carboxylic acids is 1. The zero-order valence-electron chi connectivity index (χ0n) is 22.3. The van der Waals surface area contributed by atoms with Gasteiger partial charge in [0.15, 0.2) is 5.65 Å². The average molecular weight is 548 g/mol. The maximum atomic E-state index is 15.7. The molecule has 1 saturated heterocycles. The van der Waals surface area contributed by atoms with Crippen molar-refractivity contribution in [2.75, 3.05) is 18.0 Å². The van der Waals surface area contributed by atoms with Crippen molar-refractivity contribution >= 4 is 33.7 Å². The number of aromatic nitrogens is 7. The Balaban J connectivity index is 1.29. The molecule has 41 heavy (non-hydrogen) atoms. The number of piperidine rings is 1. The van der Waals surface area contributed by atoms with Crippen LogP contribution in [0.4, 0.5) is 10.2 Å². The summed E-state index contributed by atoms with van der Waals surface area (Å²) in [6.07, 6.45) is 8.78. The van der Waals surface area contributed by atoms with Gasteiger partial charge in [0, 0.05) is 49.2 Å². The molecule has 10 nitrogen and oxygen atoms in total. The zero-order valence-corrected chi connectivity index (χ0v) is 22.3. The lowest BCUT2D eigenvalue weighted by molar-refractivity contribution is 0.0968. The van der Waals surface area contributed by atoms with Crippen LogP contribution < -0.4 is 10.2 Å². The third-order valence-electron chi connectivity index (χ3n) is 7.50. The zero-order chi connectivity index (χ0) is 27.9. The third-order valence-corrected chi connectivity index (χ3v) is 7.50. The molecule has 1 fully saturated rings. The molecule has 4 aromatic heterocycles. The molecule has 0 spiro atoms. The second-order valence-corrected chi connectivity index (χ2v) is 10.2. The van der Waals surface area contributed by atoms with E-state index in [0.717, 1.165) is 41.3 Å². The Labute approximate surface area is 234 Å². The minimum Gasteiger partial charge on any atom is -0.315 e. The Kier molecular flexibility index (Phi) is 6.20. The molecule has 0 radical (unpaired) electrons. The van der Waals surface area contributed by atoms with Crippen molar-refractivity contribution in [1.82, 2.24) is 40.1 Å². The number of rotatable bonds is 5. The first kappa shape index (κ1) is 25.0. The van der Waals surface area contributed by atoms with E-state index in [-0.39, 0.29) is 11.6 Å². The Morgan fingerprint density at radius 3 is 2.80 bits per heavy atom. The molecule has 1 amide bonds. The van der Waals surface area contributed by atoms with Crippen LogP contribution >= 0.6 is 0 Å². The summed E-state index contributed by atoms with van der Waals surface area (Å²) >= 11 is 0. The Bertz CT molecular complexity index is 1910. The SMILES string of the molecule is Cn1cc(-c2ccc3c(N(C(=O)c4ccc(-n5nnc6cccnc65)cc4F)[C@@H]4CCCNC4)nccc3c2)cn1. The predicted octanol–water partition coefficient (Wildman–Crippen LogP) is 4.30. The number of benzene rings is 2. The number of halogens is 1. The van der Waals surface area contributed by atoms with Gasteiger partial charge in [0.1, 0.15) is 17.2 Å². The number of aryl methyl sites for hydroxylation is 1. The fourth-order valence-corrected chi connectivity index (χ4v) is 5.47. The summed E-state index contributed by atoms with van der Waals surface area (Å²) in [4.78, 5) is 24.8. The van der Waals surface area contributed by atoms with E-state index in [4.69, 9.17) is 0 Å². The predicted molar refractivity (Wildman–Crippen MR) is 153 cm³/mol. The summed E-state index contributed by atoms with van der Waals surface area (Å²) in [7, 11) is 1.88. The number of nitrogens with zero attached hydrogens (tertiary/aromatic N) is 8. The highest BCUT2D eigenvalue weighted by Crippen LogP contribution is 2.32. The van der Waals surface area contributed by atoms with Crippen LogP contribution in [0.2, 0.25) is 0 Å². The van der Waals surface area contributed by atoms with Gasteiger partial charge in [0.2, 0.25) is 0 Å². The van der Waals surface area contributed by atoms with Crippen molar-refractivity contribution in [2.45, 2.75) is 18.9 Å². The van der Waals surface area contributed by atoms with E-state index in [1.807, 2.05) is 37.6 Å². The number of fused-ring (bicyclic) bond motifs is 2. The normalized spacial score (nSPS) is 15.4. The van der Waals surface area contributed by atoms with Crippen LogP contribution in [0, 0.1) is 5.82 Å². The topological polar surface area (TPSA) is 107 Å². The largest absolute Gasteiger partial charge is 0.315 e. The van der Waals surface area contributed by atoms with Crippen molar-refractivity contribution in [3.8, 4) is 16.8 Å². The maximum Gasteiger partial charge on any atom is 0.262 e. The summed E-state index contributed by atoms with van der Waals surface area (Å²) in [6, 6.07) is 15.8. The molecule has 0 unspecified atom stereocenters. The number of pyridine rings is 2. The van der Waals surface area contributed by atoms with Gasteiger partial charge in [-0.05, 0) is 66.7 Å². The van der Waals surface area contributed by atoms with Crippen LogP contribution in [0.15, 0.2) is 79.4 Å². The summed E-state index contributed by atoms with van der Waals surface area (Å²) in [6.45, 7) is 1.47.